The molecule has 0 radical (unpaired) electrons. The second-order valence-corrected chi connectivity index (χ2v) is 8.02. The van der Waals surface area contributed by atoms with E-state index in [4.69, 9.17) is 11.0 Å². The molecule has 3 rings (SSSR count). The van der Waals surface area contributed by atoms with Gasteiger partial charge in [0, 0.05) is 23.4 Å². The molecule has 6 nitrogen and oxygen atoms in total. The van der Waals surface area contributed by atoms with Gasteiger partial charge in [-0.3, -0.25) is 9.59 Å². The Kier molecular flexibility index (Phi) is 7.21. The molecule has 0 bridgehead atoms. The summed E-state index contributed by atoms with van der Waals surface area (Å²) in [4.78, 5) is 25.2. The van der Waals surface area contributed by atoms with Crippen LogP contribution in [-0.4, -0.2) is 24.9 Å². The first-order valence-corrected chi connectivity index (χ1v) is 10.4. The van der Waals surface area contributed by atoms with E-state index in [0.29, 0.717) is 47.3 Å². The van der Waals surface area contributed by atoms with Crippen LogP contribution in [0, 0.1) is 30.1 Å². The SMILES string of the molecule is Cc1ccc(C(=O)NCC2CCCC(CN)C2)cc1NC(=O)c1cccc(C#N)c1. The van der Waals surface area contributed by atoms with Crippen molar-refractivity contribution in [2.75, 3.05) is 18.4 Å². The van der Waals surface area contributed by atoms with Crippen molar-refractivity contribution in [1.82, 2.24) is 5.32 Å². The summed E-state index contributed by atoms with van der Waals surface area (Å²) in [7, 11) is 0. The molecule has 6 heteroatoms. The van der Waals surface area contributed by atoms with Gasteiger partial charge < -0.3 is 16.4 Å². The van der Waals surface area contributed by atoms with Gasteiger partial charge in [-0.25, -0.2) is 0 Å². The zero-order valence-corrected chi connectivity index (χ0v) is 17.3. The van der Waals surface area contributed by atoms with Crippen LogP contribution in [0.5, 0.6) is 0 Å². The van der Waals surface area contributed by atoms with Gasteiger partial charge in [-0.1, -0.05) is 18.6 Å². The van der Waals surface area contributed by atoms with Crippen LogP contribution in [0.1, 0.15) is 57.5 Å². The average molecular weight is 405 g/mol. The fourth-order valence-electron chi connectivity index (χ4n) is 3.96. The third-order valence-electron chi connectivity index (χ3n) is 5.78. The Hall–Kier alpha value is -3.17. The second-order valence-electron chi connectivity index (χ2n) is 8.02. The Morgan fingerprint density at radius 3 is 2.63 bits per heavy atom. The van der Waals surface area contributed by atoms with Gasteiger partial charge in [0.05, 0.1) is 11.6 Å². The highest BCUT2D eigenvalue weighted by Crippen LogP contribution is 2.28. The van der Waals surface area contributed by atoms with Gasteiger partial charge in [-0.2, -0.15) is 5.26 Å². The van der Waals surface area contributed by atoms with Crippen molar-refractivity contribution < 1.29 is 9.59 Å². The molecule has 2 aromatic carbocycles. The highest BCUT2D eigenvalue weighted by molar-refractivity contribution is 6.05. The molecular weight excluding hydrogens is 376 g/mol. The summed E-state index contributed by atoms with van der Waals surface area (Å²) in [5.74, 6) is 0.560. The molecule has 2 atom stereocenters. The van der Waals surface area contributed by atoms with Crippen LogP contribution < -0.4 is 16.4 Å². The molecule has 2 amide bonds. The van der Waals surface area contributed by atoms with Crippen molar-refractivity contribution in [2.45, 2.75) is 32.6 Å². The standard InChI is InChI=1S/C24H28N4O2/c1-16-8-9-21(23(29)27-15-19-6-2-4-17(10-19)13-25)12-22(16)28-24(30)20-7-3-5-18(11-20)14-26/h3,5,7-9,11-12,17,19H,2,4,6,10,13,15,25H2,1H3,(H,27,29)(H,28,30). The van der Waals surface area contributed by atoms with E-state index in [1.807, 2.05) is 19.1 Å². The summed E-state index contributed by atoms with van der Waals surface area (Å²) < 4.78 is 0. The summed E-state index contributed by atoms with van der Waals surface area (Å²) in [6.07, 6.45) is 4.52. The Morgan fingerprint density at radius 1 is 1.10 bits per heavy atom. The maximum Gasteiger partial charge on any atom is 0.255 e. The molecular formula is C24H28N4O2. The number of benzene rings is 2. The molecule has 156 valence electrons. The monoisotopic (exact) mass is 404 g/mol. The minimum Gasteiger partial charge on any atom is -0.352 e. The quantitative estimate of drug-likeness (QED) is 0.683. The van der Waals surface area contributed by atoms with Crippen molar-refractivity contribution in [3.8, 4) is 6.07 Å². The van der Waals surface area contributed by atoms with E-state index in [2.05, 4.69) is 10.6 Å². The van der Waals surface area contributed by atoms with E-state index in [1.165, 1.54) is 6.42 Å². The number of carbonyl (C=O) groups excluding carboxylic acids is 2. The van der Waals surface area contributed by atoms with Gasteiger partial charge in [-0.15, -0.1) is 0 Å². The zero-order chi connectivity index (χ0) is 21.5. The first-order chi connectivity index (χ1) is 14.5. The van der Waals surface area contributed by atoms with Crippen molar-refractivity contribution >= 4 is 17.5 Å². The normalized spacial score (nSPS) is 18.3. The maximum atomic E-state index is 12.7. The third kappa shape index (κ3) is 5.46. The minimum absolute atomic E-state index is 0.146. The molecule has 2 unspecified atom stereocenters. The number of nitrogens with one attached hydrogen (secondary N) is 2. The van der Waals surface area contributed by atoms with Crippen LogP contribution in [0.4, 0.5) is 5.69 Å². The summed E-state index contributed by atoms with van der Waals surface area (Å²) in [6, 6.07) is 13.8. The molecule has 4 N–H and O–H groups in total. The predicted molar refractivity (Wildman–Crippen MR) is 117 cm³/mol. The van der Waals surface area contributed by atoms with Crippen LogP contribution in [-0.2, 0) is 0 Å². The molecule has 0 spiro atoms. The number of nitrogens with two attached hydrogens (primary N) is 1. The number of aryl methyl sites for hydroxylation is 1. The lowest BCUT2D eigenvalue weighted by Crippen LogP contribution is -2.33. The van der Waals surface area contributed by atoms with Gasteiger partial charge in [0.2, 0.25) is 0 Å². The highest BCUT2D eigenvalue weighted by atomic mass is 16.2. The lowest BCUT2D eigenvalue weighted by Gasteiger charge is -2.28. The number of nitriles is 1. The summed E-state index contributed by atoms with van der Waals surface area (Å²) in [5, 5.41) is 14.9. The van der Waals surface area contributed by atoms with Crippen molar-refractivity contribution in [2.24, 2.45) is 17.6 Å². The lowest BCUT2D eigenvalue weighted by molar-refractivity contribution is 0.0939. The maximum absolute atomic E-state index is 12.7. The fraction of sp³-hybridized carbons (Fsp3) is 0.375. The first-order valence-electron chi connectivity index (χ1n) is 10.4. The van der Waals surface area contributed by atoms with Crippen LogP contribution >= 0.6 is 0 Å². The fourth-order valence-corrected chi connectivity index (χ4v) is 3.96. The summed E-state index contributed by atoms with van der Waals surface area (Å²) in [6.45, 7) is 3.23. The number of anilines is 1. The molecule has 0 aliphatic heterocycles. The molecule has 2 aromatic rings. The molecule has 1 fully saturated rings. The van der Waals surface area contributed by atoms with Gasteiger partial charge in [0.25, 0.3) is 11.8 Å². The predicted octanol–water partition coefficient (Wildman–Crippen LogP) is 3.61. The summed E-state index contributed by atoms with van der Waals surface area (Å²) >= 11 is 0. The highest BCUT2D eigenvalue weighted by Gasteiger charge is 2.21. The molecule has 1 saturated carbocycles. The minimum atomic E-state index is -0.317. The zero-order valence-electron chi connectivity index (χ0n) is 17.3. The molecule has 1 aliphatic rings. The number of nitrogens with zero attached hydrogens (tertiary/aromatic N) is 1. The summed E-state index contributed by atoms with van der Waals surface area (Å²) in [5.41, 5.74) is 8.57. The van der Waals surface area contributed by atoms with Crippen LogP contribution in [0.25, 0.3) is 0 Å². The van der Waals surface area contributed by atoms with Gasteiger partial charge >= 0.3 is 0 Å². The van der Waals surface area contributed by atoms with Gasteiger partial charge in [0.15, 0.2) is 0 Å². The van der Waals surface area contributed by atoms with Crippen LogP contribution in [0.3, 0.4) is 0 Å². The van der Waals surface area contributed by atoms with E-state index in [9.17, 15) is 9.59 Å². The average Bonchev–Trinajstić information content (AvgIpc) is 2.79. The van der Waals surface area contributed by atoms with Gasteiger partial charge in [0.1, 0.15) is 0 Å². The number of rotatable bonds is 6. The molecule has 0 heterocycles. The Bertz CT molecular complexity index is 964. The van der Waals surface area contributed by atoms with Crippen LogP contribution in [0.15, 0.2) is 42.5 Å². The molecule has 1 aliphatic carbocycles. The first kappa shape index (κ1) is 21.5. The molecule has 0 saturated heterocycles. The van der Waals surface area contributed by atoms with E-state index < -0.39 is 0 Å². The van der Waals surface area contributed by atoms with Crippen LogP contribution in [0.2, 0.25) is 0 Å². The van der Waals surface area contributed by atoms with E-state index in [0.717, 1.165) is 24.8 Å². The smallest absolute Gasteiger partial charge is 0.255 e. The number of carbonyl (C=O) groups is 2. The van der Waals surface area contributed by atoms with E-state index in [1.54, 1.807) is 36.4 Å². The molecule has 30 heavy (non-hydrogen) atoms. The molecule has 0 aromatic heterocycles. The second kappa shape index (κ2) is 10.0. The van der Waals surface area contributed by atoms with Gasteiger partial charge in [-0.05, 0) is 80.5 Å². The van der Waals surface area contributed by atoms with E-state index >= 15 is 0 Å². The number of amides is 2. The van der Waals surface area contributed by atoms with Crippen molar-refractivity contribution in [1.29, 1.82) is 5.26 Å². The largest absolute Gasteiger partial charge is 0.352 e. The van der Waals surface area contributed by atoms with E-state index in [-0.39, 0.29) is 11.8 Å². The Morgan fingerprint density at radius 2 is 1.87 bits per heavy atom. The lowest BCUT2D eigenvalue weighted by atomic mass is 9.81. The number of hydrogen-bond acceptors (Lipinski definition) is 4. The number of hydrogen-bond donors (Lipinski definition) is 3. The Labute approximate surface area is 177 Å². The van der Waals surface area contributed by atoms with Crippen molar-refractivity contribution in [3.63, 3.8) is 0 Å². The third-order valence-corrected chi connectivity index (χ3v) is 5.78. The Balaban J connectivity index is 1.64. The van der Waals surface area contributed by atoms with Crippen molar-refractivity contribution in [3.05, 3.63) is 64.7 Å². The topological polar surface area (TPSA) is 108 Å².